The summed E-state index contributed by atoms with van der Waals surface area (Å²) >= 11 is 0. The Kier molecular flexibility index (Phi) is 3.16. The molecule has 0 N–H and O–H groups in total. The molecule has 1 aromatic carbocycles. The van der Waals surface area contributed by atoms with Crippen LogP contribution in [-0.4, -0.2) is 17.2 Å². The van der Waals surface area contributed by atoms with Gasteiger partial charge in [-0.25, -0.2) is 4.39 Å². The van der Waals surface area contributed by atoms with Crippen molar-refractivity contribution >= 4 is 11.6 Å². The van der Waals surface area contributed by atoms with Crippen molar-refractivity contribution in [3.05, 3.63) is 41.0 Å². The van der Waals surface area contributed by atoms with E-state index in [0.29, 0.717) is 17.2 Å². The van der Waals surface area contributed by atoms with Gasteiger partial charge < -0.3 is 14.2 Å². The minimum atomic E-state index is -0.608. The number of nitrogens with zero attached hydrogens (tertiary/aromatic N) is 2. The molecule has 0 saturated heterocycles. The number of halogens is 1. The van der Waals surface area contributed by atoms with Crippen LogP contribution in [0.25, 0.3) is 0 Å². The molecule has 3 rings (SSSR count). The summed E-state index contributed by atoms with van der Waals surface area (Å²) in [5.74, 6) is 0.518. The largest absolute Gasteiger partial charge is 0.479 e. The molecule has 0 radical (unpaired) electrons. The van der Waals surface area contributed by atoms with Crippen molar-refractivity contribution in [2.24, 2.45) is 0 Å². The Morgan fingerprint density at radius 3 is 2.81 bits per heavy atom. The first-order valence-corrected chi connectivity index (χ1v) is 6.66. The van der Waals surface area contributed by atoms with Crippen LogP contribution in [0.5, 0.6) is 5.75 Å². The van der Waals surface area contributed by atoms with E-state index >= 15 is 0 Å². The maximum Gasteiger partial charge on any atom is 0.268 e. The zero-order valence-electron chi connectivity index (χ0n) is 12.0. The van der Waals surface area contributed by atoms with Crippen LogP contribution in [0, 0.1) is 19.7 Å². The molecule has 0 fully saturated rings. The Balaban J connectivity index is 2.04. The smallest absolute Gasteiger partial charge is 0.268 e. The Morgan fingerprint density at radius 1 is 1.38 bits per heavy atom. The van der Waals surface area contributed by atoms with E-state index in [1.807, 2.05) is 6.92 Å². The van der Waals surface area contributed by atoms with Crippen LogP contribution in [0.4, 0.5) is 10.1 Å². The van der Waals surface area contributed by atoms with Crippen molar-refractivity contribution < 1.29 is 18.4 Å². The van der Waals surface area contributed by atoms with Crippen molar-refractivity contribution in [3.8, 4) is 5.75 Å². The van der Waals surface area contributed by atoms with Crippen molar-refractivity contribution in [2.75, 3.05) is 4.90 Å². The first-order valence-electron chi connectivity index (χ1n) is 6.66. The van der Waals surface area contributed by atoms with Crippen molar-refractivity contribution in [2.45, 2.75) is 33.4 Å². The third-order valence-electron chi connectivity index (χ3n) is 3.63. The fourth-order valence-electron chi connectivity index (χ4n) is 2.43. The van der Waals surface area contributed by atoms with Crippen LogP contribution in [-0.2, 0) is 11.3 Å². The van der Waals surface area contributed by atoms with Gasteiger partial charge in [-0.2, -0.15) is 0 Å². The average molecular weight is 290 g/mol. The van der Waals surface area contributed by atoms with Gasteiger partial charge in [0.2, 0.25) is 0 Å². The van der Waals surface area contributed by atoms with Crippen LogP contribution in [0.1, 0.15) is 23.9 Å². The topological polar surface area (TPSA) is 55.6 Å². The van der Waals surface area contributed by atoms with Gasteiger partial charge >= 0.3 is 0 Å². The zero-order chi connectivity index (χ0) is 15.1. The molecule has 5 nitrogen and oxygen atoms in total. The Hall–Kier alpha value is -2.37. The van der Waals surface area contributed by atoms with Crippen LogP contribution < -0.4 is 9.64 Å². The SMILES string of the molecule is Cc1noc(C)c1CN1C(=O)C(C)Oc2ccc(F)cc21. The maximum atomic E-state index is 13.5. The van der Waals surface area contributed by atoms with Gasteiger partial charge in [0.15, 0.2) is 6.10 Å². The number of rotatable bonds is 2. The van der Waals surface area contributed by atoms with Gasteiger partial charge in [-0.3, -0.25) is 4.79 Å². The molecule has 1 aliphatic rings. The lowest BCUT2D eigenvalue weighted by atomic mass is 10.1. The van der Waals surface area contributed by atoms with E-state index in [0.717, 1.165) is 11.3 Å². The molecule has 2 aromatic rings. The molecular formula is C15H15FN2O3. The summed E-state index contributed by atoms with van der Waals surface area (Å²) in [5.41, 5.74) is 1.98. The molecular weight excluding hydrogens is 275 g/mol. The molecule has 0 saturated carbocycles. The van der Waals surface area contributed by atoms with Gasteiger partial charge in [0.25, 0.3) is 5.91 Å². The Bertz CT molecular complexity index is 691. The number of fused-ring (bicyclic) bond motifs is 1. The molecule has 1 aromatic heterocycles. The zero-order valence-corrected chi connectivity index (χ0v) is 12.0. The summed E-state index contributed by atoms with van der Waals surface area (Å²) < 4.78 is 24.1. The number of amides is 1. The molecule has 1 unspecified atom stereocenters. The van der Waals surface area contributed by atoms with Crippen molar-refractivity contribution in [1.82, 2.24) is 5.16 Å². The van der Waals surface area contributed by atoms with Crippen LogP contribution >= 0.6 is 0 Å². The summed E-state index contributed by atoms with van der Waals surface area (Å²) in [6.07, 6.45) is -0.608. The number of hydrogen-bond acceptors (Lipinski definition) is 4. The lowest BCUT2D eigenvalue weighted by molar-refractivity contribution is -0.125. The highest BCUT2D eigenvalue weighted by Gasteiger charge is 2.32. The fraction of sp³-hybridized carbons (Fsp3) is 0.333. The predicted molar refractivity (Wildman–Crippen MR) is 73.7 cm³/mol. The van der Waals surface area contributed by atoms with Gasteiger partial charge in [-0.15, -0.1) is 0 Å². The highest BCUT2D eigenvalue weighted by Crippen LogP contribution is 2.36. The standard InChI is InChI=1S/C15H15FN2O3/c1-8-12(9(2)21-17-8)7-18-13-6-11(16)4-5-14(13)20-10(3)15(18)19/h4-6,10H,7H2,1-3H3. The van der Waals surface area contributed by atoms with Gasteiger partial charge in [0.05, 0.1) is 17.9 Å². The number of anilines is 1. The third-order valence-corrected chi connectivity index (χ3v) is 3.63. The number of aromatic nitrogens is 1. The highest BCUT2D eigenvalue weighted by atomic mass is 19.1. The molecule has 1 amide bonds. The third kappa shape index (κ3) is 2.26. The average Bonchev–Trinajstić information content (AvgIpc) is 2.76. The van der Waals surface area contributed by atoms with Crippen molar-refractivity contribution in [1.29, 1.82) is 0 Å². The summed E-state index contributed by atoms with van der Waals surface area (Å²) in [7, 11) is 0. The first-order chi connectivity index (χ1) is 9.97. The van der Waals surface area contributed by atoms with Gasteiger partial charge in [0.1, 0.15) is 17.3 Å². The van der Waals surface area contributed by atoms with Gasteiger partial charge in [0, 0.05) is 11.6 Å². The maximum absolute atomic E-state index is 13.5. The van der Waals surface area contributed by atoms with Crippen LogP contribution in [0.2, 0.25) is 0 Å². The van der Waals surface area contributed by atoms with E-state index in [4.69, 9.17) is 9.26 Å². The predicted octanol–water partition coefficient (Wildman–Crippen LogP) is 2.74. The molecule has 1 aliphatic heterocycles. The normalized spacial score (nSPS) is 17.6. The van der Waals surface area contributed by atoms with E-state index < -0.39 is 11.9 Å². The molecule has 110 valence electrons. The molecule has 1 atom stereocenters. The summed E-state index contributed by atoms with van der Waals surface area (Å²) in [6, 6.07) is 4.15. The molecule has 2 heterocycles. The number of benzene rings is 1. The number of hydrogen-bond donors (Lipinski definition) is 0. The minimum Gasteiger partial charge on any atom is -0.479 e. The second-order valence-electron chi connectivity index (χ2n) is 5.10. The molecule has 0 bridgehead atoms. The van der Waals surface area contributed by atoms with Crippen molar-refractivity contribution in [3.63, 3.8) is 0 Å². The number of carbonyl (C=O) groups is 1. The van der Waals surface area contributed by atoms with Gasteiger partial charge in [-0.1, -0.05) is 5.16 Å². The molecule has 21 heavy (non-hydrogen) atoms. The number of carbonyl (C=O) groups excluding carboxylic acids is 1. The first kappa shape index (κ1) is 13.6. The summed E-state index contributed by atoms with van der Waals surface area (Å²) in [4.78, 5) is 13.9. The summed E-state index contributed by atoms with van der Waals surface area (Å²) in [6.45, 7) is 5.56. The van der Waals surface area contributed by atoms with Gasteiger partial charge in [-0.05, 0) is 32.9 Å². The highest BCUT2D eigenvalue weighted by molar-refractivity contribution is 5.99. The van der Waals surface area contributed by atoms with Crippen LogP contribution in [0.3, 0.4) is 0 Å². The van der Waals surface area contributed by atoms with E-state index in [2.05, 4.69) is 5.16 Å². The molecule has 6 heteroatoms. The monoisotopic (exact) mass is 290 g/mol. The van der Waals surface area contributed by atoms with E-state index in [1.165, 1.54) is 23.1 Å². The second-order valence-corrected chi connectivity index (χ2v) is 5.10. The second kappa shape index (κ2) is 4.87. The molecule has 0 spiro atoms. The number of aryl methyl sites for hydroxylation is 2. The van der Waals surface area contributed by atoms with E-state index in [-0.39, 0.29) is 12.5 Å². The van der Waals surface area contributed by atoms with E-state index in [1.54, 1.807) is 13.8 Å². The fourth-order valence-corrected chi connectivity index (χ4v) is 2.43. The lowest BCUT2D eigenvalue weighted by Gasteiger charge is -2.33. The van der Waals surface area contributed by atoms with E-state index in [9.17, 15) is 9.18 Å². The van der Waals surface area contributed by atoms with Crippen LogP contribution in [0.15, 0.2) is 22.7 Å². The molecule has 0 aliphatic carbocycles. The number of ether oxygens (including phenoxy) is 1. The Morgan fingerprint density at radius 2 is 2.14 bits per heavy atom. The minimum absolute atomic E-state index is 0.215. The quantitative estimate of drug-likeness (QED) is 0.853. The lowest BCUT2D eigenvalue weighted by Crippen LogP contribution is -2.44. The summed E-state index contributed by atoms with van der Waals surface area (Å²) in [5, 5.41) is 3.88. The Labute approximate surface area is 121 Å².